The summed E-state index contributed by atoms with van der Waals surface area (Å²) in [5, 5.41) is 0. The molecule has 0 heterocycles. The molecule has 0 spiro atoms. The van der Waals surface area contributed by atoms with Gasteiger partial charge in [0.15, 0.2) is 0 Å². The third-order valence-electron chi connectivity index (χ3n) is 18.6. The van der Waals surface area contributed by atoms with Crippen LogP contribution >= 0.6 is 0 Å². The largest absolute Gasteiger partial charge is 0.207 e. The zero-order valence-corrected chi connectivity index (χ0v) is 70.2. The number of hydrogen-bond acceptors (Lipinski definition) is 0. The maximum Gasteiger partial charge on any atom is 0.126 e. The van der Waals surface area contributed by atoms with E-state index in [4.69, 9.17) is 0 Å². The van der Waals surface area contributed by atoms with Crippen molar-refractivity contribution in [1.29, 1.82) is 0 Å². The van der Waals surface area contributed by atoms with Gasteiger partial charge < -0.3 is 0 Å². The third-order valence-corrected chi connectivity index (χ3v) is 18.6. The molecule has 0 aliphatic rings. The molecule has 0 bridgehead atoms. The van der Waals surface area contributed by atoms with Gasteiger partial charge in [0.05, 0.1) is 0 Å². The fourth-order valence-electron chi connectivity index (χ4n) is 12.0. The Morgan fingerprint density at radius 3 is 1.01 bits per heavy atom. The van der Waals surface area contributed by atoms with E-state index in [0.717, 1.165) is 27.8 Å². The van der Waals surface area contributed by atoms with Gasteiger partial charge in [-0.3, -0.25) is 0 Å². The van der Waals surface area contributed by atoms with Crippen LogP contribution in [0.1, 0.15) is 216 Å². The maximum absolute atomic E-state index is 12.8. The first-order valence-electron chi connectivity index (χ1n) is 38.2. The Morgan fingerprint density at radius 1 is 0.241 bits per heavy atom. The molecule has 0 N–H and O–H groups in total. The molecule has 0 fully saturated rings. The van der Waals surface area contributed by atoms with Crippen LogP contribution in [0.3, 0.4) is 0 Å². The molecule has 12 rings (SSSR count). The molecule has 0 aromatic heterocycles. The molecule has 0 nitrogen and oxygen atoms in total. The summed E-state index contributed by atoms with van der Waals surface area (Å²) in [6, 6.07) is 89.7. The van der Waals surface area contributed by atoms with E-state index in [2.05, 4.69) is 308 Å². The fraction of sp³-hybridized carbons (Fsp3) is 0.308. The molecule has 4 heteroatoms. The van der Waals surface area contributed by atoms with Crippen molar-refractivity contribution in [1.82, 2.24) is 0 Å². The van der Waals surface area contributed by atoms with E-state index in [0.29, 0.717) is 23.3 Å². The summed E-state index contributed by atoms with van der Waals surface area (Å²) in [7, 11) is 0. The van der Waals surface area contributed by atoms with Crippen molar-refractivity contribution in [3.63, 3.8) is 0 Å². The summed E-state index contributed by atoms with van der Waals surface area (Å²) in [5.41, 5.74) is 29.7. The predicted octanol–water partition coefficient (Wildman–Crippen LogP) is 31.4. The number of halogens is 4. The molecular weight excluding hydrogens is 1330 g/mol. The fourth-order valence-corrected chi connectivity index (χ4v) is 12.0. The Morgan fingerprint density at radius 2 is 0.639 bits per heavy atom. The van der Waals surface area contributed by atoms with Gasteiger partial charge in [0.25, 0.3) is 0 Å². The van der Waals surface area contributed by atoms with E-state index >= 15 is 0 Å². The van der Waals surface area contributed by atoms with Gasteiger partial charge in [-0.25, -0.2) is 17.6 Å². The van der Waals surface area contributed by atoms with Gasteiger partial charge in [0.1, 0.15) is 23.3 Å². The first kappa shape index (κ1) is 90.7. The third kappa shape index (κ3) is 31.7. The lowest BCUT2D eigenvalue weighted by molar-refractivity contribution is 0.542. The summed E-state index contributed by atoms with van der Waals surface area (Å²) >= 11 is 0. The summed E-state index contributed by atoms with van der Waals surface area (Å²) in [6.45, 7) is 56.6. The summed E-state index contributed by atoms with van der Waals surface area (Å²) in [4.78, 5) is 0. The molecule has 0 amide bonds. The number of hydrogen-bond donors (Lipinski definition) is 0. The molecule has 0 aliphatic heterocycles. The highest BCUT2D eigenvalue weighted by Gasteiger charge is 2.27. The zero-order chi connectivity index (χ0) is 80.6. The lowest BCUT2D eigenvalue weighted by Gasteiger charge is -2.32. The number of rotatable bonds is 6. The van der Waals surface area contributed by atoms with Crippen molar-refractivity contribution in [2.75, 3.05) is 0 Å². The van der Waals surface area contributed by atoms with Crippen LogP contribution < -0.4 is 0 Å². The molecule has 0 radical (unpaired) electrons. The zero-order valence-electron chi connectivity index (χ0n) is 70.2. The molecule has 12 aromatic rings. The minimum atomic E-state index is -0.171. The van der Waals surface area contributed by atoms with Gasteiger partial charge in [-0.05, 0) is 258 Å². The van der Waals surface area contributed by atoms with E-state index in [1.54, 1.807) is 50.2 Å². The minimum absolute atomic E-state index is 0.0995. The highest BCUT2D eigenvalue weighted by atomic mass is 19.1. The standard InChI is InChI=1S/C19H32.C16H26.3C13H12.C9H11F.3C7H7F/c1-13-15(18(5,6)7)11-14(17(2,3)4)12-16(13)19(8,9)10;1-10(2)14-8-15(11(3)4)13(7)16(9-14)12(5)6;1-11-7-5-6-10-13(11)12-8-3-2-4-9-12;1-11-6-5-9-13(10-11)12-7-3-2-4-8-12;1-11-7-9-13(10-8-11)12-5-3-2-4-6-12;1-6-4-7(2)8(3)9(10)5-6;1-6-2-4-7(8)5-3-6;1-6-3-2-4-7(8)5-6;1-6-4-2-3-5-7(6)8/h11-12H,1-10H3;8-12H,1-7H3;3*2-10H,1H3;4-5H,1-3H3;3*2-5H,1H3. The van der Waals surface area contributed by atoms with Gasteiger partial charge in [-0.15, -0.1) is 0 Å². The quantitative estimate of drug-likeness (QED) is 0.146. The number of benzene rings is 12. The van der Waals surface area contributed by atoms with E-state index in [9.17, 15) is 17.6 Å². The lowest BCUT2D eigenvalue weighted by atomic mass is 9.73. The van der Waals surface area contributed by atoms with Crippen molar-refractivity contribution in [3.8, 4) is 33.4 Å². The Bertz CT molecular complexity index is 4450. The molecule has 570 valence electrons. The second kappa shape index (κ2) is 44.0. The topological polar surface area (TPSA) is 0 Å². The predicted molar refractivity (Wildman–Crippen MR) is 465 cm³/mol. The Hall–Kier alpha value is -9.64. The van der Waals surface area contributed by atoms with E-state index in [-0.39, 0.29) is 39.5 Å². The molecule has 0 saturated heterocycles. The summed E-state index contributed by atoms with van der Waals surface area (Å²) in [5.74, 6) is 1.30. The van der Waals surface area contributed by atoms with Crippen LogP contribution in [-0.2, 0) is 16.2 Å². The normalized spacial score (nSPS) is 10.8. The SMILES string of the molecule is Cc1c(C(C)(C)C)cc(C(C)(C)C)cc1C(C)(C)C.Cc1c(C(C)C)cc(C(C)C)cc1C(C)C.Cc1cc(C)c(C)c(F)c1.Cc1ccc(-c2ccccc2)cc1.Cc1ccc(F)cc1.Cc1cccc(-c2ccccc2)c1.Cc1cccc(F)c1.Cc1ccccc1-c1ccccc1.Cc1ccccc1F. The van der Waals surface area contributed by atoms with Gasteiger partial charge in [0, 0.05) is 0 Å². The van der Waals surface area contributed by atoms with E-state index in [1.807, 2.05) is 64.1 Å². The summed E-state index contributed by atoms with van der Waals surface area (Å²) < 4.78 is 49.4. The van der Waals surface area contributed by atoms with Crippen LogP contribution in [0.25, 0.3) is 33.4 Å². The minimum Gasteiger partial charge on any atom is -0.207 e. The van der Waals surface area contributed by atoms with E-state index < -0.39 is 0 Å². The van der Waals surface area contributed by atoms with Crippen molar-refractivity contribution >= 4 is 0 Å². The lowest BCUT2D eigenvalue weighted by Crippen LogP contribution is -2.23. The van der Waals surface area contributed by atoms with Crippen LogP contribution in [0.2, 0.25) is 0 Å². The van der Waals surface area contributed by atoms with Crippen molar-refractivity contribution in [3.05, 3.63) is 391 Å². The Balaban J connectivity index is 0.000000260. The Kier molecular flexibility index (Phi) is 37.0. The van der Waals surface area contributed by atoms with Crippen LogP contribution in [0, 0.1) is 99.4 Å². The smallest absolute Gasteiger partial charge is 0.126 e. The molecule has 0 aliphatic carbocycles. The van der Waals surface area contributed by atoms with Crippen LogP contribution in [0.5, 0.6) is 0 Å². The second-order valence-corrected chi connectivity index (χ2v) is 32.4. The highest BCUT2D eigenvalue weighted by molar-refractivity contribution is 5.67. The Labute approximate surface area is 651 Å². The molecule has 12 aromatic carbocycles. The van der Waals surface area contributed by atoms with Crippen molar-refractivity contribution < 1.29 is 17.6 Å². The van der Waals surface area contributed by atoms with Crippen molar-refractivity contribution in [2.24, 2.45) is 0 Å². The maximum atomic E-state index is 12.8. The highest BCUT2D eigenvalue weighted by Crippen LogP contribution is 2.38. The van der Waals surface area contributed by atoms with Crippen LogP contribution in [-0.4, -0.2) is 0 Å². The van der Waals surface area contributed by atoms with Crippen LogP contribution in [0.15, 0.2) is 273 Å². The first-order valence-corrected chi connectivity index (χ1v) is 38.2. The molecule has 0 atom stereocenters. The van der Waals surface area contributed by atoms with Crippen molar-refractivity contribution in [2.45, 2.75) is 214 Å². The summed E-state index contributed by atoms with van der Waals surface area (Å²) in [6.07, 6.45) is 0. The van der Waals surface area contributed by atoms with E-state index in [1.165, 1.54) is 125 Å². The molecular formula is C104H126F4. The second-order valence-electron chi connectivity index (χ2n) is 32.4. The molecule has 0 saturated carbocycles. The monoisotopic (exact) mass is 1450 g/mol. The average Bonchev–Trinajstić information content (AvgIpc) is 0.768. The van der Waals surface area contributed by atoms with Gasteiger partial charge in [-0.2, -0.15) is 0 Å². The first-order chi connectivity index (χ1) is 50.7. The molecule has 0 unspecified atom stereocenters. The molecule has 108 heavy (non-hydrogen) atoms. The number of aryl methyl sites for hydroxylation is 8. The van der Waals surface area contributed by atoms with Crippen LogP contribution in [0.4, 0.5) is 17.6 Å². The van der Waals surface area contributed by atoms with Gasteiger partial charge in [0.2, 0.25) is 0 Å². The average molecular weight is 1450 g/mol. The van der Waals surface area contributed by atoms with Gasteiger partial charge >= 0.3 is 0 Å². The van der Waals surface area contributed by atoms with Gasteiger partial charge in [-0.1, -0.05) is 357 Å².